The third-order valence-electron chi connectivity index (χ3n) is 4.83. The Kier molecular flexibility index (Phi) is 6.32. The second-order valence-corrected chi connectivity index (χ2v) is 9.65. The van der Waals surface area contributed by atoms with Crippen molar-refractivity contribution in [3.05, 3.63) is 24.0 Å². The Hall–Kier alpha value is -1.93. The van der Waals surface area contributed by atoms with Gasteiger partial charge in [0.25, 0.3) is 0 Å². The van der Waals surface area contributed by atoms with Gasteiger partial charge in [0.05, 0.1) is 15.9 Å². The first kappa shape index (κ1) is 21.4. The monoisotopic (exact) mass is 394 g/mol. The molecule has 150 valence electrons. The number of aromatic nitrogens is 2. The predicted octanol–water partition coefficient (Wildman–Crippen LogP) is 2.54. The minimum Gasteiger partial charge on any atom is -0.351 e. The Morgan fingerprint density at radius 3 is 2.48 bits per heavy atom. The first-order valence-corrected chi connectivity index (χ1v) is 10.7. The molecule has 0 unspecified atom stereocenters. The summed E-state index contributed by atoms with van der Waals surface area (Å²) in [6.45, 7) is 8.75. The van der Waals surface area contributed by atoms with Crippen LogP contribution in [-0.2, 0) is 27.8 Å². The summed E-state index contributed by atoms with van der Waals surface area (Å²) in [7, 11) is -0.496. The number of fused-ring (bicyclic) bond motifs is 1. The predicted molar refractivity (Wildman–Crippen MR) is 107 cm³/mol. The van der Waals surface area contributed by atoms with E-state index in [9.17, 15) is 13.2 Å². The van der Waals surface area contributed by atoms with Gasteiger partial charge in [-0.2, -0.15) is 0 Å². The van der Waals surface area contributed by atoms with E-state index in [1.165, 1.54) is 18.4 Å². The molecule has 2 aromatic rings. The van der Waals surface area contributed by atoms with Crippen LogP contribution in [0.25, 0.3) is 11.0 Å². The number of aryl methyl sites for hydroxylation is 2. The summed E-state index contributed by atoms with van der Waals surface area (Å²) < 4.78 is 27.9. The number of benzene rings is 1. The molecular weight excluding hydrogens is 364 g/mol. The van der Waals surface area contributed by atoms with E-state index in [4.69, 9.17) is 0 Å². The average molecular weight is 395 g/mol. The van der Waals surface area contributed by atoms with E-state index in [0.29, 0.717) is 24.9 Å². The van der Waals surface area contributed by atoms with Gasteiger partial charge in [-0.05, 0) is 45.4 Å². The van der Waals surface area contributed by atoms with Crippen LogP contribution in [0.2, 0.25) is 0 Å². The van der Waals surface area contributed by atoms with Gasteiger partial charge >= 0.3 is 0 Å². The van der Waals surface area contributed by atoms with Gasteiger partial charge in [-0.1, -0.05) is 6.92 Å². The average Bonchev–Trinajstić information content (AvgIpc) is 2.96. The van der Waals surface area contributed by atoms with Crippen LogP contribution in [0.1, 0.15) is 46.4 Å². The first-order chi connectivity index (χ1) is 12.5. The first-order valence-electron chi connectivity index (χ1n) is 9.24. The molecule has 8 heteroatoms. The molecule has 1 aromatic carbocycles. The zero-order chi connectivity index (χ0) is 20.4. The number of nitrogens with zero attached hydrogens (tertiary/aromatic N) is 3. The number of amides is 1. The van der Waals surface area contributed by atoms with E-state index in [-0.39, 0.29) is 16.3 Å². The summed E-state index contributed by atoms with van der Waals surface area (Å²) in [4.78, 5) is 17.1. The lowest BCUT2D eigenvalue weighted by Crippen LogP contribution is -2.42. The second-order valence-electron chi connectivity index (χ2n) is 7.50. The van der Waals surface area contributed by atoms with Crippen LogP contribution in [-0.4, -0.2) is 47.8 Å². The van der Waals surface area contributed by atoms with Crippen molar-refractivity contribution in [1.82, 2.24) is 19.2 Å². The Morgan fingerprint density at radius 2 is 1.93 bits per heavy atom. The van der Waals surface area contributed by atoms with E-state index in [1.807, 2.05) is 32.3 Å². The molecule has 0 radical (unpaired) electrons. The molecule has 0 saturated carbocycles. The van der Waals surface area contributed by atoms with Gasteiger partial charge in [-0.15, -0.1) is 0 Å². The van der Waals surface area contributed by atoms with Crippen molar-refractivity contribution in [3.63, 3.8) is 0 Å². The van der Waals surface area contributed by atoms with Crippen LogP contribution in [0.15, 0.2) is 23.1 Å². The van der Waals surface area contributed by atoms with E-state index < -0.39 is 10.0 Å². The SMILES string of the molecule is CCn1c(CCC(=O)NC(C)(C)CC)nc2cc(S(=O)(=O)N(C)C)ccc21. The lowest BCUT2D eigenvalue weighted by molar-refractivity contribution is -0.122. The summed E-state index contributed by atoms with van der Waals surface area (Å²) >= 11 is 0. The fourth-order valence-corrected chi connectivity index (χ4v) is 3.75. The van der Waals surface area contributed by atoms with Gasteiger partial charge in [-0.25, -0.2) is 17.7 Å². The number of carbonyl (C=O) groups is 1. The third-order valence-corrected chi connectivity index (χ3v) is 6.64. The number of imidazole rings is 1. The molecule has 0 fully saturated rings. The topological polar surface area (TPSA) is 84.3 Å². The maximum Gasteiger partial charge on any atom is 0.242 e. The number of hydrogen-bond donors (Lipinski definition) is 1. The molecular formula is C19H30N4O3S. The highest BCUT2D eigenvalue weighted by Crippen LogP contribution is 2.23. The molecule has 0 bridgehead atoms. The molecule has 0 atom stereocenters. The van der Waals surface area contributed by atoms with E-state index in [1.54, 1.807) is 18.2 Å². The minimum atomic E-state index is -3.51. The fourth-order valence-electron chi connectivity index (χ4n) is 2.83. The molecule has 1 amide bonds. The molecule has 0 spiro atoms. The van der Waals surface area contributed by atoms with Crippen LogP contribution < -0.4 is 5.32 Å². The smallest absolute Gasteiger partial charge is 0.242 e. The number of sulfonamides is 1. The van der Waals surface area contributed by atoms with Gasteiger partial charge in [0, 0.05) is 39.0 Å². The number of hydrogen-bond acceptors (Lipinski definition) is 4. The zero-order valence-electron chi connectivity index (χ0n) is 17.0. The van der Waals surface area contributed by atoms with Crippen molar-refractivity contribution in [2.24, 2.45) is 0 Å². The molecule has 1 aromatic heterocycles. The lowest BCUT2D eigenvalue weighted by Gasteiger charge is -2.24. The second kappa shape index (κ2) is 7.98. The summed E-state index contributed by atoms with van der Waals surface area (Å²) in [5.41, 5.74) is 1.28. The Bertz CT molecular complexity index is 930. The normalized spacial score (nSPS) is 12.7. The Morgan fingerprint density at radius 1 is 1.26 bits per heavy atom. The number of rotatable bonds is 8. The van der Waals surface area contributed by atoms with Gasteiger partial charge in [0.15, 0.2) is 0 Å². The highest BCUT2D eigenvalue weighted by molar-refractivity contribution is 7.89. The van der Waals surface area contributed by atoms with Crippen LogP contribution >= 0.6 is 0 Å². The highest BCUT2D eigenvalue weighted by atomic mass is 32.2. The van der Waals surface area contributed by atoms with E-state index >= 15 is 0 Å². The Balaban J connectivity index is 2.29. The largest absolute Gasteiger partial charge is 0.351 e. The van der Waals surface area contributed by atoms with Crippen LogP contribution in [0, 0.1) is 0 Å². The van der Waals surface area contributed by atoms with Crippen molar-refractivity contribution in [2.45, 2.75) is 63.9 Å². The van der Waals surface area contributed by atoms with Gasteiger partial charge < -0.3 is 9.88 Å². The van der Waals surface area contributed by atoms with Crippen molar-refractivity contribution in [2.75, 3.05) is 14.1 Å². The highest BCUT2D eigenvalue weighted by Gasteiger charge is 2.21. The summed E-state index contributed by atoms with van der Waals surface area (Å²) in [5.74, 6) is 0.781. The van der Waals surface area contributed by atoms with Crippen molar-refractivity contribution >= 4 is 27.0 Å². The summed E-state index contributed by atoms with van der Waals surface area (Å²) in [6, 6.07) is 4.98. The molecule has 27 heavy (non-hydrogen) atoms. The minimum absolute atomic E-state index is 0.00701. The van der Waals surface area contributed by atoms with Crippen molar-refractivity contribution in [3.8, 4) is 0 Å². The fraction of sp³-hybridized carbons (Fsp3) is 0.579. The summed E-state index contributed by atoms with van der Waals surface area (Å²) in [6.07, 6.45) is 1.70. The van der Waals surface area contributed by atoms with Gasteiger partial charge in [0.1, 0.15) is 5.82 Å². The van der Waals surface area contributed by atoms with Crippen LogP contribution in [0.4, 0.5) is 0 Å². The van der Waals surface area contributed by atoms with Crippen LogP contribution in [0.3, 0.4) is 0 Å². The van der Waals surface area contributed by atoms with Gasteiger partial charge in [-0.3, -0.25) is 4.79 Å². The zero-order valence-corrected chi connectivity index (χ0v) is 17.9. The molecule has 0 saturated heterocycles. The molecule has 0 aliphatic heterocycles. The molecule has 2 rings (SSSR count). The number of nitrogens with one attached hydrogen (secondary N) is 1. The molecule has 0 aliphatic carbocycles. The van der Waals surface area contributed by atoms with E-state index in [2.05, 4.69) is 10.3 Å². The molecule has 0 aliphatic rings. The Labute approximate surface area is 161 Å². The van der Waals surface area contributed by atoms with Crippen molar-refractivity contribution < 1.29 is 13.2 Å². The standard InChI is InChI=1S/C19H30N4O3S/c1-7-19(3,4)21-18(24)12-11-17-20-15-13-14(27(25,26)22(5)6)9-10-16(15)23(17)8-2/h9-10,13H,7-8,11-12H2,1-6H3,(H,21,24). The molecule has 1 N–H and O–H groups in total. The third kappa shape index (κ3) is 4.68. The van der Waals surface area contributed by atoms with Gasteiger partial charge in [0.2, 0.25) is 15.9 Å². The number of carbonyl (C=O) groups excluding carboxylic acids is 1. The van der Waals surface area contributed by atoms with Crippen molar-refractivity contribution in [1.29, 1.82) is 0 Å². The quantitative estimate of drug-likeness (QED) is 0.746. The summed E-state index contributed by atoms with van der Waals surface area (Å²) in [5, 5.41) is 3.03. The lowest BCUT2D eigenvalue weighted by atomic mass is 10.0. The maximum absolute atomic E-state index is 12.4. The van der Waals surface area contributed by atoms with Crippen LogP contribution in [0.5, 0.6) is 0 Å². The maximum atomic E-state index is 12.4. The van der Waals surface area contributed by atoms with E-state index in [0.717, 1.165) is 17.8 Å². The molecule has 7 nitrogen and oxygen atoms in total. The molecule has 1 heterocycles.